The molecule has 0 saturated heterocycles. The number of rotatable bonds is 5. The summed E-state index contributed by atoms with van der Waals surface area (Å²) in [6.07, 6.45) is 8.73. The first-order valence-electron chi connectivity index (χ1n) is 6.69. The predicted molar refractivity (Wildman–Crippen MR) is 70.5 cm³/mol. The zero-order chi connectivity index (χ0) is 12.4. The molecule has 1 fully saturated rings. The number of fused-ring (bicyclic) bond motifs is 2. The van der Waals surface area contributed by atoms with Gasteiger partial charge in [-0.15, -0.1) is 0 Å². The van der Waals surface area contributed by atoms with Crippen molar-refractivity contribution in [1.29, 1.82) is 0 Å². The van der Waals surface area contributed by atoms with Crippen LogP contribution in [0.5, 0.6) is 5.75 Å². The van der Waals surface area contributed by atoms with Crippen LogP contribution >= 0.6 is 0 Å². The van der Waals surface area contributed by atoms with Crippen LogP contribution in [0.15, 0.2) is 36.4 Å². The highest BCUT2D eigenvalue weighted by atomic mass is 16.5. The van der Waals surface area contributed by atoms with Crippen LogP contribution in [0.4, 0.5) is 0 Å². The Balaban J connectivity index is 1.54. The molecule has 94 valence electrons. The summed E-state index contributed by atoms with van der Waals surface area (Å²) in [4.78, 5) is 10.4. The third-order valence-electron chi connectivity index (χ3n) is 4.12. The second-order valence-electron chi connectivity index (χ2n) is 5.37. The molecule has 2 nitrogen and oxygen atoms in total. The van der Waals surface area contributed by atoms with E-state index in [2.05, 4.69) is 12.2 Å². The number of aldehydes is 1. The monoisotopic (exact) mass is 242 g/mol. The van der Waals surface area contributed by atoms with Gasteiger partial charge in [-0.3, -0.25) is 0 Å². The normalized spacial score (nSPS) is 28.6. The second-order valence-corrected chi connectivity index (χ2v) is 5.37. The van der Waals surface area contributed by atoms with Gasteiger partial charge < -0.3 is 9.53 Å². The van der Waals surface area contributed by atoms with E-state index >= 15 is 0 Å². The number of carbonyl (C=O) groups is 1. The molecule has 1 aromatic rings. The molecule has 2 aliphatic carbocycles. The summed E-state index contributed by atoms with van der Waals surface area (Å²) >= 11 is 0. The molecule has 0 spiro atoms. The van der Waals surface area contributed by atoms with Crippen molar-refractivity contribution in [2.75, 3.05) is 6.61 Å². The lowest BCUT2D eigenvalue weighted by atomic mass is 9.95. The van der Waals surface area contributed by atoms with Gasteiger partial charge >= 0.3 is 0 Å². The summed E-state index contributed by atoms with van der Waals surface area (Å²) in [5.41, 5.74) is 1.04. The van der Waals surface area contributed by atoms with Crippen molar-refractivity contribution in [3.63, 3.8) is 0 Å². The van der Waals surface area contributed by atoms with Gasteiger partial charge in [0.05, 0.1) is 6.61 Å². The van der Waals surface area contributed by atoms with Gasteiger partial charge in [-0.2, -0.15) is 0 Å². The average molecular weight is 242 g/mol. The van der Waals surface area contributed by atoms with Gasteiger partial charge in [0.15, 0.2) is 0 Å². The molecule has 18 heavy (non-hydrogen) atoms. The summed E-state index contributed by atoms with van der Waals surface area (Å²) < 4.78 is 5.85. The fraction of sp³-hybridized carbons (Fsp3) is 0.438. The summed E-state index contributed by atoms with van der Waals surface area (Å²) in [5, 5.41) is 0. The van der Waals surface area contributed by atoms with Gasteiger partial charge in [0.25, 0.3) is 0 Å². The van der Waals surface area contributed by atoms with Crippen LogP contribution in [-0.2, 0) is 11.2 Å². The fourth-order valence-electron chi connectivity index (χ4n) is 3.11. The van der Waals surface area contributed by atoms with Crippen LogP contribution < -0.4 is 4.74 Å². The predicted octanol–water partition coefficient (Wildman–Crippen LogP) is 3.02. The quantitative estimate of drug-likeness (QED) is 0.586. The Bertz CT molecular complexity index is 447. The highest BCUT2D eigenvalue weighted by molar-refractivity contribution is 5.55. The van der Waals surface area contributed by atoms with Crippen LogP contribution in [0.25, 0.3) is 0 Å². The number of carbonyl (C=O) groups excluding carboxylic acids is 1. The lowest BCUT2D eigenvalue weighted by Crippen LogP contribution is -2.16. The molecule has 1 saturated carbocycles. The van der Waals surface area contributed by atoms with E-state index in [0.29, 0.717) is 12.3 Å². The zero-order valence-corrected chi connectivity index (χ0v) is 10.4. The van der Waals surface area contributed by atoms with Crippen molar-refractivity contribution in [1.82, 2.24) is 0 Å². The fourth-order valence-corrected chi connectivity index (χ4v) is 3.11. The minimum Gasteiger partial charge on any atom is -0.493 e. The zero-order valence-electron chi connectivity index (χ0n) is 10.4. The third kappa shape index (κ3) is 2.33. The van der Waals surface area contributed by atoms with Gasteiger partial charge in [-0.25, -0.2) is 0 Å². The van der Waals surface area contributed by atoms with E-state index in [0.717, 1.165) is 36.0 Å². The molecule has 0 aromatic heterocycles. The molecule has 0 amide bonds. The van der Waals surface area contributed by atoms with Crippen molar-refractivity contribution < 1.29 is 9.53 Å². The Morgan fingerprint density at radius 3 is 2.61 bits per heavy atom. The Kier molecular flexibility index (Phi) is 3.18. The largest absolute Gasteiger partial charge is 0.493 e. The Hall–Kier alpha value is -1.57. The maximum absolute atomic E-state index is 10.4. The first-order chi connectivity index (χ1) is 8.85. The second kappa shape index (κ2) is 4.97. The first kappa shape index (κ1) is 11.5. The van der Waals surface area contributed by atoms with E-state index in [1.807, 2.05) is 24.3 Å². The van der Waals surface area contributed by atoms with Crippen LogP contribution in [0, 0.1) is 17.8 Å². The van der Waals surface area contributed by atoms with Crippen molar-refractivity contribution in [3.8, 4) is 5.75 Å². The molecule has 2 heteroatoms. The molecule has 0 heterocycles. The summed E-state index contributed by atoms with van der Waals surface area (Å²) in [5.74, 6) is 3.15. The molecule has 3 rings (SSSR count). The molecular formula is C16H18O2. The van der Waals surface area contributed by atoms with Crippen molar-refractivity contribution in [3.05, 3.63) is 42.0 Å². The van der Waals surface area contributed by atoms with Gasteiger partial charge in [-0.05, 0) is 48.3 Å². The van der Waals surface area contributed by atoms with Crippen LogP contribution in [0.3, 0.4) is 0 Å². The highest BCUT2D eigenvalue weighted by Gasteiger charge is 2.35. The average Bonchev–Trinajstić information content (AvgIpc) is 3.00. The molecule has 0 N–H and O–H groups in total. The van der Waals surface area contributed by atoms with E-state index in [1.165, 1.54) is 12.8 Å². The Labute approximate surface area is 108 Å². The smallest absolute Gasteiger partial charge is 0.124 e. The molecule has 3 atom stereocenters. The lowest BCUT2D eigenvalue weighted by Gasteiger charge is -2.18. The molecule has 2 aliphatic rings. The molecule has 1 aromatic carbocycles. The summed E-state index contributed by atoms with van der Waals surface area (Å²) in [6, 6.07) is 7.85. The first-order valence-corrected chi connectivity index (χ1v) is 6.69. The maximum Gasteiger partial charge on any atom is 0.124 e. The van der Waals surface area contributed by atoms with Crippen LogP contribution in [0.1, 0.15) is 18.4 Å². The minimum atomic E-state index is 0.484. The van der Waals surface area contributed by atoms with Crippen molar-refractivity contribution in [2.24, 2.45) is 17.8 Å². The number of allylic oxidation sites excluding steroid dienone is 2. The number of ether oxygens (including phenoxy) is 1. The molecule has 0 radical (unpaired) electrons. The van der Waals surface area contributed by atoms with E-state index in [-0.39, 0.29) is 0 Å². The molecule has 3 unspecified atom stereocenters. The summed E-state index contributed by atoms with van der Waals surface area (Å²) in [6.45, 7) is 0.818. The molecular weight excluding hydrogens is 224 g/mol. The highest BCUT2D eigenvalue weighted by Crippen LogP contribution is 2.43. The van der Waals surface area contributed by atoms with Crippen molar-refractivity contribution in [2.45, 2.75) is 19.3 Å². The standard InChI is InChI=1S/C16H18O2/c17-8-7-12-2-5-16(6-3-12)18-11-15-10-13-1-4-14(15)9-13/h1-6,8,13-15H,7,9-11H2. The van der Waals surface area contributed by atoms with E-state index in [9.17, 15) is 4.79 Å². The van der Waals surface area contributed by atoms with Gasteiger partial charge in [0.1, 0.15) is 12.0 Å². The maximum atomic E-state index is 10.4. The van der Waals surface area contributed by atoms with E-state index in [4.69, 9.17) is 4.74 Å². The lowest BCUT2D eigenvalue weighted by molar-refractivity contribution is -0.107. The van der Waals surface area contributed by atoms with Crippen LogP contribution in [-0.4, -0.2) is 12.9 Å². The SMILES string of the molecule is O=CCc1ccc(OCC2CC3C=CC2C3)cc1. The summed E-state index contributed by atoms with van der Waals surface area (Å²) in [7, 11) is 0. The Morgan fingerprint density at radius 1 is 1.17 bits per heavy atom. The van der Waals surface area contributed by atoms with Crippen LogP contribution in [0.2, 0.25) is 0 Å². The molecule has 2 bridgehead atoms. The number of hydrogen-bond acceptors (Lipinski definition) is 2. The minimum absolute atomic E-state index is 0.484. The number of hydrogen-bond donors (Lipinski definition) is 0. The van der Waals surface area contributed by atoms with Gasteiger partial charge in [-0.1, -0.05) is 24.3 Å². The topological polar surface area (TPSA) is 26.3 Å². The van der Waals surface area contributed by atoms with Crippen molar-refractivity contribution >= 4 is 6.29 Å². The van der Waals surface area contributed by atoms with E-state index < -0.39 is 0 Å². The van der Waals surface area contributed by atoms with Gasteiger partial charge in [0, 0.05) is 6.42 Å². The third-order valence-corrected chi connectivity index (χ3v) is 4.12. The van der Waals surface area contributed by atoms with Gasteiger partial charge in [0.2, 0.25) is 0 Å². The molecule has 0 aliphatic heterocycles. The Morgan fingerprint density at radius 2 is 2.00 bits per heavy atom. The van der Waals surface area contributed by atoms with E-state index in [1.54, 1.807) is 0 Å². The number of benzene rings is 1.